The fourth-order valence-corrected chi connectivity index (χ4v) is 5.34. The Morgan fingerprint density at radius 1 is 1.08 bits per heavy atom. The molecule has 2 rings (SSSR count). The SMILES string of the molecule is CCC(NS(=O)(=O)c1ccc(Br)cc1)C(=O)Nc1c(C)cc(Br)cc1Br. The van der Waals surface area contributed by atoms with Crippen molar-refractivity contribution in [2.75, 3.05) is 5.32 Å². The summed E-state index contributed by atoms with van der Waals surface area (Å²) >= 11 is 10.1. The summed E-state index contributed by atoms with van der Waals surface area (Å²) in [7, 11) is -3.80. The molecular weight excluding hydrogens is 552 g/mol. The Bertz CT molecular complexity index is 892. The average Bonchev–Trinajstić information content (AvgIpc) is 2.56. The van der Waals surface area contributed by atoms with Gasteiger partial charge in [-0.25, -0.2) is 8.42 Å². The highest BCUT2D eigenvalue weighted by molar-refractivity contribution is 9.11. The fraction of sp³-hybridized carbons (Fsp3) is 0.235. The van der Waals surface area contributed by atoms with Crippen LogP contribution in [0.25, 0.3) is 0 Å². The Kier molecular flexibility index (Phi) is 7.43. The summed E-state index contributed by atoms with van der Waals surface area (Å²) in [5.41, 5.74) is 1.46. The second-order valence-corrected chi connectivity index (χ2v) is 10.0. The molecule has 26 heavy (non-hydrogen) atoms. The monoisotopic (exact) mass is 566 g/mol. The number of carbonyl (C=O) groups excluding carboxylic acids is 1. The second kappa shape index (κ2) is 8.97. The molecule has 1 amide bonds. The highest BCUT2D eigenvalue weighted by Crippen LogP contribution is 2.30. The van der Waals surface area contributed by atoms with Gasteiger partial charge in [-0.15, -0.1) is 0 Å². The molecule has 1 unspecified atom stereocenters. The molecule has 0 bridgehead atoms. The van der Waals surface area contributed by atoms with Crippen LogP contribution in [0.4, 0.5) is 5.69 Å². The lowest BCUT2D eigenvalue weighted by Crippen LogP contribution is -2.43. The van der Waals surface area contributed by atoms with E-state index in [1.807, 2.05) is 19.1 Å². The van der Waals surface area contributed by atoms with Gasteiger partial charge in [-0.05, 0) is 71.2 Å². The molecule has 140 valence electrons. The first kappa shape index (κ1) is 21.6. The van der Waals surface area contributed by atoms with Gasteiger partial charge in [0.05, 0.1) is 10.6 Å². The third-order valence-corrected chi connectivity index (χ3v) is 6.75. The molecule has 0 radical (unpaired) electrons. The molecular formula is C17H17Br3N2O3S. The largest absolute Gasteiger partial charge is 0.323 e. The Hall–Kier alpha value is -0.740. The van der Waals surface area contributed by atoms with Crippen LogP contribution in [0, 0.1) is 6.92 Å². The molecule has 0 aromatic heterocycles. The first-order valence-electron chi connectivity index (χ1n) is 7.68. The summed E-state index contributed by atoms with van der Waals surface area (Å²) in [6.45, 7) is 3.61. The van der Waals surface area contributed by atoms with Crippen LogP contribution in [0.5, 0.6) is 0 Å². The molecule has 5 nitrogen and oxygen atoms in total. The minimum absolute atomic E-state index is 0.105. The van der Waals surface area contributed by atoms with Crippen LogP contribution < -0.4 is 10.0 Å². The molecule has 0 aliphatic carbocycles. The summed E-state index contributed by atoms with van der Waals surface area (Å²) in [6, 6.07) is 9.02. The highest BCUT2D eigenvalue weighted by atomic mass is 79.9. The number of rotatable bonds is 6. The van der Waals surface area contributed by atoms with Crippen molar-refractivity contribution in [3.05, 3.63) is 55.4 Å². The summed E-state index contributed by atoms with van der Waals surface area (Å²) in [5.74, 6) is -0.417. The standard InChI is InChI=1S/C17H17Br3N2O3S/c1-3-15(22-26(24,25)13-6-4-11(18)5-7-13)17(23)21-16-10(2)8-12(19)9-14(16)20/h4-9,15,22H,3H2,1-2H3,(H,21,23). The maximum Gasteiger partial charge on any atom is 0.242 e. The number of benzene rings is 2. The molecule has 0 aliphatic heterocycles. The van der Waals surface area contributed by atoms with Crippen LogP contribution in [0.3, 0.4) is 0 Å². The average molecular weight is 569 g/mol. The lowest BCUT2D eigenvalue weighted by molar-refractivity contribution is -0.117. The van der Waals surface area contributed by atoms with Crippen molar-refractivity contribution in [2.45, 2.75) is 31.2 Å². The van der Waals surface area contributed by atoms with Crippen molar-refractivity contribution >= 4 is 69.4 Å². The number of carbonyl (C=O) groups is 1. The molecule has 1 atom stereocenters. The number of hydrogen-bond donors (Lipinski definition) is 2. The molecule has 0 aliphatic rings. The van der Waals surface area contributed by atoms with Crippen LogP contribution in [0.2, 0.25) is 0 Å². The van der Waals surface area contributed by atoms with E-state index >= 15 is 0 Å². The van der Waals surface area contributed by atoms with E-state index < -0.39 is 22.0 Å². The van der Waals surface area contributed by atoms with E-state index in [9.17, 15) is 13.2 Å². The van der Waals surface area contributed by atoms with Gasteiger partial charge in [0.15, 0.2) is 0 Å². The van der Waals surface area contributed by atoms with Gasteiger partial charge in [-0.2, -0.15) is 4.72 Å². The summed E-state index contributed by atoms with van der Waals surface area (Å²) in [4.78, 5) is 12.7. The molecule has 2 aromatic rings. The molecule has 9 heteroatoms. The molecule has 0 fully saturated rings. The van der Waals surface area contributed by atoms with Gasteiger partial charge in [0.1, 0.15) is 6.04 Å². The zero-order valence-electron chi connectivity index (χ0n) is 14.0. The van der Waals surface area contributed by atoms with Crippen molar-refractivity contribution in [3.63, 3.8) is 0 Å². The van der Waals surface area contributed by atoms with Crippen molar-refractivity contribution in [3.8, 4) is 0 Å². The van der Waals surface area contributed by atoms with Gasteiger partial charge >= 0.3 is 0 Å². The number of hydrogen-bond acceptors (Lipinski definition) is 3. The van der Waals surface area contributed by atoms with Crippen molar-refractivity contribution in [1.82, 2.24) is 4.72 Å². The molecule has 0 spiro atoms. The molecule has 2 aromatic carbocycles. The van der Waals surface area contributed by atoms with Gasteiger partial charge in [-0.3, -0.25) is 4.79 Å². The number of anilines is 1. The van der Waals surface area contributed by atoms with E-state index in [1.165, 1.54) is 12.1 Å². The minimum atomic E-state index is -3.80. The third kappa shape index (κ3) is 5.39. The predicted octanol–water partition coefficient (Wildman–Crippen LogP) is 4.98. The molecule has 0 heterocycles. The first-order valence-corrected chi connectivity index (χ1v) is 11.5. The Morgan fingerprint density at radius 3 is 2.23 bits per heavy atom. The third-order valence-electron chi connectivity index (χ3n) is 3.65. The topological polar surface area (TPSA) is 75.3 Å². The quantitative estimate of drug-likeness (QED) is 0.516. The zero-order valence-corrected chi connectivity index (χ0v) is 19.6. The van der Waals surface area contributed by atoms with E-state index in [2.05, 4.69) is 57.8 Å². The Morgan fingerprint density at radius 2 is 1.69 bits per heavy atom. The van der Waals surface area contributed by atoms with Gasteiger partial charge < -0.3 is 5.32 Å². The van der Waals surface area contributed by atoms with Crippen molar-refractivity contribution < 1.29 is 13.2 Å². The van der Waals surface area contributed by atoms with E-state index in [-0.39, 0.29) is 4.90 Å². The van der Waals surface area contributed by atoms with Crippen LogP contribution in [-0.4, -0.2) is 20.4 Å². The van der Waals surface area contributed by atoms with E-state index in [0.29, 0.717) is 16.6 Å². The minimum Gasteiger partial charge on any atom is -0.323 e. The Balaban J connectivity index is 2.20. The normalized spacial score (nSPS) is 12.7. The van der Waals surface area contributed by atoms with E-state index in [0.717, 1.165) is 14.5 Å². The predicted molar refractivity (Wildman–Crippen MR) is 114 cm³/mol. The first-order chi connectivity index (χ1) is 12.1. The van der Waals surface area contributed by atoms with Gasteiger partial charge in [0, 0.05) is 13.4 Å². The second-order valence-electron chi connectivity index (χ2n) is 5.60. The van der Waals surface area contributed by atoms with Crippen molar-refractivity contribution in [1.29, 1.82) is 0 Å². The fourth-order valence-electron chi connectivity index (χ4n) is 2.26. The number of halogens is 3. The maximum absolute atomic E-state index is 12.6. The van der Waals surface area contributed by atoms with Crippen LogP contribution >= 0.6 is 47.8 Å². The van der Waals surface area contributed by atoms with Crippen molar-refractivity contribution in [2.24, 2.45) is 0 Å². The molecule has 2 N–H and O–H groups in total. The van der Waals surface area contributed by atoms with Gasteiger partial charge in [0.2, 0.25) is 15.9 Å². The van der Waals surface area contributed by atoms with Gasteiger partial charge in [0.25, 0.3) is 0 Å². The maximum atomic E-state index is 12.6. The lowest BCUT2D eigenvalue weighted by Gasteiger charge is -2.19. The number of nitrogens with one attached hydrogen (secondary N) is 2. The zero-order chi connectivity index (χ0) is 19.5. The molecule has 0 saturated heterocycles. The Labute approximate surface area is 178 Å². The molecule has 0 saturated carbocycles. The van der Waals surface area contributed by atoms with Gasteiger partial charge in [-0.1, -0.05) is 38.8 Å². The number of amides is 1. The lowest BCUT2D eigenvalue weighted by atomic mass is 10.1. The van der Waals surface area contributed by atoms with E-state index in [4.69, 9.17) is 0 Å². The smallest absolute Gasteiger partial charge is 0.242 e. The highest BCUT2D eigenvalue weighted by Gasteiger charge is 2.25. The summed E-state index contributed by atoms with van der Waals surface area (Å²) in [5, 5.41) is 2.80. The van der Waals surface area contributed by atoms with Crippen LogP contribution in [0.1, 0.15) is 18.9 Å². The number of aryl methyl sites for hydroxylation is 1. The van der Waals surface area contributed by atoms with Crippen LogP contribution in [0.15, 0.2) is 54.7 Å². The summed E-state index contributed by atoms with van der Waals surface area (Å²) < 4.78 is 29.9. The number of sulfonamides is 1. The van der Waals surface area contributed by atoms with E-state index in [1.54, 1.807) is 19.1 Å². The van der Waals surface area contributed by atoms with Crippen LogP contribution in [-0.2, 0) is 14.8 Å². The summed E-state index contributed by atoms with van der Waals surface area (Å²) in [6.07, 6.45) is 0.314.